The first-order chi connectivity index (χ1) is 6.81. The monoisotopic (exact) mass is 266 g/mol. The first-order valence-corrected chi connectivity index (χ1v) is 7.34. The van der Waals surface area contributed by atoms with E-state index in [2.05, 4.69) is 0 Å². The van der Waals surface area contributed by atoms with Crippen molar-refractivity contribution in [3.05, 3.63) is 33.8 Å². The molecule has 5 heteroatoms. The molecule has 1 aromatic carbocycles. The van der Waals surface area contributed by atoms with E-state index >= 15 is 0 Å². The average Bonchev–Trinajstić information content (AvgIpc) is 2.10. The van der Waals surface area contributed by atoms with Crippen molar-refractivity contribution in [1.29, 1.82) is 0 Å². The molecule has 15 heavy (non-hydrogen) atoms. The lowest BCUT2D eigenvalue weighted by Gasteiger charge is -2.10. The predicted octanol–water partition coefficient (Wildman–Crippen LogP) is 3.07. The maximum absolute atomic E-state index is 10.8. The Balaban J connectivity index is 2.99. The first kappa shape index (κ1) is 12.8. The lowest BCUT2D eigenvalue weighted by Crippen LogP contribution is -2.04. The Morgan fingerprint density at radius 2 is 1.87 bits per heavy atom. The van der Waals surface area contributed by atoms with Crippen LogP contribution < -0.4 is 0 Å². The quantitative estimate of drug-likeness (QED) is 0.789. The van der Waals surface area contributed by atoms with Gasteiger partial charge in [0.05, 0.1) is 5.75 Å². The van der Waals surface area contributed by atoms with Crippen LogP contribution in [0.25, 0.3) is 0 Å². The molecule has 0 N–H and O–H groups in total. The molecule has 0 atom stereocenters. The highest BCUT2D eigenvalue weighted by atomic mass is 35.7. The van der Waals surface area contributed by atoms with Crippen LogP contribution in [0.5, 0.6) is 0 Å². The molecule has 0 aliphatic carbocycles. The highest BCUT2D eigenvalue weighted by Gasteiger charge is 2.10. The second-order valence-corrected chi connectivity index (χ2v) is 6.76. The zero-order valence-electron chi connectivity index (χ0n) is 8.55. The molecule has 0 saturated carbocycles. The smallest absolute Gasteiger partial charge is 0.212 e. The third-order valence-electron chi connectivity index (χ3n) is 2.36. The maximum atomic E-state index is 10.8. The van der Waals surface area contributed by atoms with Crippen LogP contribution in [0.2, 0.25) is 5.02 Å². The SMILES string of the molecule is Cc1ccc(Cl)c(C)c1CCS(=O)(=O)Cl. The van der Waals surface area contributed by atoms with Crippen LogP contribution in [0.4, 0.5) is 0 Å². The molecular weight excluding hydrogens is 255 g/mol. The van der Waals surface area contributed by atoms with Gasteiger partial charge in [0.15, 0.2) is 0 Å². The minimum absolute atomic E-state index is 0.0590. The van der Waals surface area contributed by atoms with Gasteiger partial charge in [0.2, 0.25) is 9.05 Å². The van der Waals surface area contributed by atoms with Crippen molar-refractivity contribution in [3.63, 3.8) is 0 Å². The molecule has 0 aliphatic heterocycles. The minimum Gasteiger partial charge on any atom is -0.212 e. The van der Waals surface area contributed by atoms with E-state index in [-0.39, 0.29) is 5.75 Å². The highest BCUT2D eigenvalue weighted by Crippen LogP contribution is 2.23. The van der Waals surface area contributed by atoms with Crippen molar-refractivity contribution in [2.75, 3.05) is 5.75 Å². The first-order valence-electron chi connectivity index (χ1n) is 4.48. The van der Waals surface area contributed by atoms with Gasteiger partial charge in [-0.15, -0.1) is 0 Å². The molecule has 0 unspecified atom stereocenters. The van der Waals surface area contributed by atoms with Crippen LogP contribution in [0.15, 0.2) is 12.1 Å². The zero-order chi connectivity index (χ0) is 11.6. The molecule has 0 fully saturated rings. The Morgan fingerprint density at radius 1 is 1.27 bits per heavy atom. The van der Waals surface area contributed by atoms with E-state index < -0.39 is 9.05 Å². The molecule has 84 valence electrons. The van der Waals surface area contributed by atoms with Gasteiger partial charge in [0.1, 0.15) is 0 Å². The van der Waals surface area contributed by atoms with Gasteiger partial charge in [-0.1, -0.05) is 17.7 Å². The van der Waals surface area contributed by atoms with Gasteiger partial charge >= 0.3 is 0 Å². The summed E-state index contributed by atoms with van der Waals surface area (Å²) >= 11 is 5.95. The fraction of sp³-hybridized carbons (Fsp3) is 0.400. The van der Waals surface area contributed by atoms with Gasteiger partial charge in [-0.2, -0.15) is 0 Å². The summed E-state index contributed by atoms with van der Waals surface area (Å²) in [7, 11) is 1.73. The molecule has 0 radical (unpaired) electrons. The molecule has 0 aromatic heterocycles. The summed E-state index contributed by atoms with van der Waals surface area (Å²) in [5, 5.41) is 0.655. The predicted molar refractivity (Wildman–Crippen MR) is 64.3 cm³/mol. The van der Waals surface area contributed by atoms with E-state index in [1.807, 2.05) is 26.0 Å². The van der Waals surface area contributed by atoms with Crippen molar-refractivity contribution in [2.45, 2.75) is 20.3 Å². The number of aryl methyl sites for hydroxylation is 1. The van der Waals surface area contributed by atoms with Crippen molar-refractivity contribution >= 4 is 31.3 Å². The van der Waals surface area contributed by atoms with E-state index in [4.69, 9.17) is 22.3 Å². The summed E-state index contributed by atoms with van der Waals surface area (Å²) in [6.07, 6.45) is 0.407. The van der Waals surface area contributed by atoms with Crippen molar-refractivity contribution in [3.8, 4) is 0 Å². The molecule has 1 aromatic rings. The second kappa shape index (κ2) is 4.73. The van der Waals surface area contributed by atoms with Crippen molar-refractivity contribution in [2.24, 2.45) is 0 Å². The third-order valence-corrected chi connectivity index (χ3v) is 3.93. The second-order valence-electron chi connectivity index (χ2n) is 3.46. The summed E-state index contributed by atoms with van der Waals surface area (Å²) in [4.78, 5) is 0. The number of hydrogen-bond donors (Lipinski definition) is 0. The van der Waals surface area contributed by atoms with Crippen LogP contribution in [-0.4, -0.2) is 14.2 Å². The van der Waals surface area contributed by atoms with Crippen LogP contribution in [0.3, 0.4) is 0 Å². The van der Waals surface area contributed by atoms with Gasteiger partial charge in [-0.3, -0.25) is 0 Å². The average molecular weight is 267 g/mol. The van der Waals surface area contributed by atoms with E-state index in [9.17, 15) is 8.42 Å². The van der Waals surface area contributed by atoms with E-state index in [1.54, 1.807) is 0 Å². The molecule has 0 bridgehead atoms. The lowest BCUT2D eigenvalue weighted by atomic mass is 10.0. The number of rotatable bonds is 3. The molecule has 0 aliphatic rings. The van der Waals surface area contributed by atoms with E-state index in [1.165, 1.54) is 0 Å². The Kier molecular flexibility index (Phi) is 4.04. The standard InChI is InChI=1S/C10H12Cl2O2S/c1-7-3-4-10(11)8(2)9(7)5-6-15(12,13)14/h3-4H,5-6H2,1-2H3. The summed E-state index contributed by atoms with van der Waals surface area (Å²) < 4.78 is 21.7. The minimum atomic E-state index is -3.44. The molecule has 1 rings (SSSR count). The van der Waals surface area contributed by atoms with Gasteiger partial charge < -0.3 is 0 Å². The van der Waals surface area contributed by atoms with Crippen LogP contribution in [-0.2, 0) is 15.5 Å². The van der Waals surface area contributed by atoms with Gasteiger partial charge in [0, 0.05) is 15.7 Å². The fourth-order valence-electron chi connectivity index (χ4n) is 1.47. The van der Waals surface area contributed by atoms with E-state index in [0.717, 1.165) is 16.7 Å². The van der Waals surface area contributed by atoms with Gasteiger partial charge in [0.25, 0.3) is 0 Å². The lowest BCUT2D eigenvalue weighted by molar-refractivity contribution is 0.608. The topological polar surface area (TPSA) is 34.1 Å². The number of hydrogen-bond acceptors (Lipinski definition) is 2. The van der Waals surface area contributed by atoms with Crippen molar-refractivity contribution < 1.29 is 8.42 Å². The van der Waals surface area contributed by atoms with Gasteiger partial charge in [-0.25, -0.2) is 8.42 Å². The van der Waals surface area contributed by atoms with Gasteiger partial charge in [-0.05, 0) is 43.0 Å². The Bertz CT molecular complexity index is 467. The molecule has 0 heterocycles. The Hall–Kier alpha value is -0.250. The molecule has 2 nitrogen and oxygen atoms in total. The largest absolute Gasteiger partial charge is 0.232 e. The summed E-state index contributed by atoms with van der Waals surface area (Å²) in [5.41, 5.74) is 2.93. The van der Waals surface area contributed by atoms with Crippen LogP contribution in [0.1, 0.15) is 16.7 Å². The molecular formula is C10H12Cl2O2S. The normalized spacial score (nSPS) is 11.7. The third kappa shape index (κ3) is 3.67. The summed E-state index contributed by atoms with van der Waals surface area (Å²) in [6, 6.07) is 3.69. The summed E-state index contributed by atoms with van der Waals surface area (Å²) in [6.45, 7) is 3.81. The zero-order valence-corrected chi connectivity index (χ0v) is 10.9. The summed E-state index contributed by atoms with van der Waals surface area (Å²) in [5.74, 6) is -0.0590. The van der Waals surface area contributed by atoms with Crippen LogP contribution >= 0.6 is 22.3 Å². The molecule has 0 amide bonds. The highest BCUT2D eigenvalue weighted by molar-refractivity contribution is 8.13. The van der Waals surface area contributed by atoms with Crippen LogP contribution in [0, 0.1) is 13.8 Å². The molecule has 0 saturated heterocycles. The van der Waals surface area contributed by atoms with Crippen molar-refractivity contribution in [1.82, 2.24) is 0 Å². The Morgan fingerprint density at radius 3 is 2.40 bits per heavy atom. The number of benzene rings is 1. The molecule has 0 spiro atoms. The maximum Gasteiger partial charge on any atom is 0.232 e. The number of halogens is 2. The van der Waals surface area contributed by atoms with E-state index in [0.29, 0.717) is 11.4 Å². The fourth-order valence-corrected chi connectivity index (χ4v) is 2.33. The Labute approximate surface area is 99.6 Å².